The SMILES string of the molecule is Cc1cc(Cl)ccc1NCc1cncc(Br)c1. The second-order valence-electron chi connectivity index (χ2n) is 3.82. The number of halogens is 2. The van der Waals surface area contributed by atoms with Crippen LogP contribution in [0.4, 0.5) is 5.69 Å². The van der Waals surface area contributed by atoms with Gasteiger partial charge in [-0.2, -0.15) is 0 Å². The van der Waals surface area contributed by atoms with E-state index in [4.69, 9.17) is 11.6 Å². The molecule has 2 aromatic rings. The fourth-order valence-electron chi connectivity index (χ4n) is 1.58. The minimum absolute atomic E-state index is 0.745. The Morgan fingerprint density at radius 3 is 2.82 bits per heavy atom. The molecule has 0 unspecified atom stereocenters. The first-order chi connectivity index (χ1) is 8.15. The maximum absolute atomic E-state index is 5.91. The third-order valence-electron chi connectivity index (χ3n) is 2.43. The molecule has 0 aliphatic carbocycles. The molecule has 1 aromatic carbocycles. The second-order valence-corrected chi connectivity index (χ2v) is 5.18. The van der Waals surface area contributed by atoms with Crippen LogP contribution >= 0.6 is 27.5 Å². The number of benzene rings is 1. The van der Waals surface area contributed by atoms with E-state index in [1.54, 1.807) is 6.20 Å². The van der Waals surface area contributed by atoms with Gasteiger partial charge in [0.25, 0.3) is 0 Å². The summed E-state index contributed by atoms with van der Waals surface area (Å²) in [4.78, 5) is 4.13. The Labute approximate surface area is 114 Å². The lowest BCUT2D eigenvalue weighted by Gasteiger charge is -2.09. The van der Waals surface area contributed by atoms with E-state index >= 15 is 0 Å². The van der Waals surface area contributed by atoms with Crippen molar-refractivity contribution in [2.75, 3.05) is 5.32 Å². The predicted octanol–water partition coefficient (Wildman–Crippen LogP) is 4.42. The summed E-state index contributed by atoms with van der Waals surface area (Å²) in [5.41, 5.74) is 3.36. The molecule has 2 rings (SSSR count). The Bertz CT molecular complexity index is 529. The Morgan fingerprint density at radius 2 is 2.12 bits per heavy atom. The largest absolute Gasteiger partial charge is 0.381 e. The van der Waals surface area contributed by atoms with Crippen LogP contribution in [0.3, 0.4) is 0 Å². The normalized spacial score (nSPS) is 10.3. The molecule has 17 heavy (non-hydrogen) atoms. The van der Waals surface area contributed by atoms with Crippen molar-refractivity contribution in [1.29, 1.82) is 0 Å². The van der Waals surface area contributed by atoms with Crippen molar-refractivity contribution in [3.8, 4) is 0 Å². The van der Waals surface area contributed by atoms with Gasteiger partial charge in [0.1, 0.15) is 0 Å². The number of nitrogens with one attached hydrogen (secondary N) is 1. The molecule has 0 bridgehead atoms. The van der Waals surface area contributed by atoms with Crippen LogP contribution in [-0.4, -0.2) is 4.98 Å². The van der Waals surface area contributed by atoms with Gasteiger partial charge >= 0.3 is 0 Å². The van der Waals surface area contributed by atoms with Crippen LogP contribution < -0.4 is 5.32 Å². The quantitative estimate of drug-likeness (QED) is 0.907. The summed E-state index contributed by atoms with van der Waals surface area (Å²) in [7, 11) is 0. The molecule has 0 aliphatic rings. The van der Waals surface area contributed by atoms with Gasteiger partial charge in [-0.1, -0.05) is 11.6 Å². The van der Waals surface area contributed by atoms with Gasteiger partial charge in [-0.05, 0) is 58.2 Å². The van der Waals surface area contributed by atoms with Gasteiger partial charge in [0, 0.05) is 34.1 Å². The van der Waals surface area contributed by atoms with Crippen molar-refractivity contribution < 1.29 is 0 Å². The number of hydrogen-bond donors (Lipinski definition) is 1. The average Bonchev–Trinajstić information content (AvgIpc) is 2.28. The zero-order chi connectivity index (χ0) is 12.3. The highest BCUT2D eigenvalue weighted by Gasteiger charge is 1.99. The lowest BCUT2D eigenvalue weighted by Crippen LogP contribution is -2.01. The monoisotopic (exact) mass is 310 g/mol. The minimum Gasteiger partial charge on any atom is -0.381 e. The maximum atomic E-state index is 5.91. The molecule has 0 atom stereocenters. The summed E-state index contributed by atoms with van der Waals surface area (Å²) in [6.07, 6.45) is 3.63. The van der Waals surface area contributed by atoms with E-state index in [2.05, 4.69) is 26.2 Å². The second kappa shape index (κ2) is 5.52. The summed E-state index contributed by atoms with van der Waals surface area (Å²) in [6, 6.07) is 7.87. The van der Waals surface area contributed by atoms with Gasteiger partial charge in [-0.15, -0.1) is 0 Å². The van der Waals surface area contributed by atoms with Crippen LogP contribution in [0.5, 0.6) is 0 Å². The predicted molar refractivity (Wildman–Crippen MR) is 75.5 cm³/mol. The molecule has 0 aliphatic heterocycles. The first kappa shape index (κ1) is 12.4. The standard InChI is InChI=1S/C13H12BrClN2/c1-9-4-12(15)2-3-13(9)17-7-10-5-11(14)8-16-6-10/h2-6,8,17H,7H2,1H3. The topological polar surface area (TPSA) is 24.9 Å². The summed E-state index contributed by atoms with van der Waals surface area (Å²) in [6.45, 7) is 2.78. The van der Waals surface area contributed by atoms with E-state index in [0.29, 0.717) is 0 Å². The maximum Gasteiger partial charge on any atom is 0.0416 e. The van der Waals surface area contributed by atoms with Gasteiger partial charge < -0.3 is 5.32 Å². The van der Waals surface area contributed by atoms with Crippen LogP contribution in [0.2, 0.25) is 5.02 Å². The van der Waals surface area contributed by atoms with Gasteiger partial charge in [-0.3, -0.25) is 4.98 Å². The number of anilines is 1. The van der Waals surface area contributed by atoms with Crippen LogP contribution in [0.15, 0.2) is 41.1 Å². The molecular formula is C13H12BrClN2. The Morgan fingerprint density at radius 1 is 1.29 bits per heavy atom. The molecule has 4 heteroatoms. The Balaban J connectivity index is 2.07. The Kier molecular flexibility index (Phi) is 4.02. The summed E-state index contributed by atoms with van der Waals surface area (Å²) in [5.74, 6) is 0. The molecule has 1 N–H and O–H groups in total. The molecule has 0 spiro atoms. The highest BCUT2D eigenvalue weighted by molar-refractivity contribution is 9.10. The summed E-state index contributed by atoms with van der Waals surface area (Å²) >= 11 is 9.32. The fourth-order valence-corrected chi connectivity index (χ4v) is 2.21. The Hall–Kier alpha value is -1.06. The van der Waals surface area contributed by atoms with Crippen molar-refractivity contribution in [1.82, 2.24) is 4.98 Å². The van der Waals surface area contributed by atoms with Crippen molar-refractivity contribution >= 4 is 33.2 Å². The van der Waals surface area contributed by atoms with Crippen LogP contribution in [0.25, 0.3) is 0 Å². The van der Waals surface area contributed by atoms with E-state index in [9.17, 15) is 0 Å². The molecule has 0 saturated carbocycles. The zero-order valence-electron chi connectivity index (χ0n) is 9.37. The smallest absolute Gasteiger partial charge is 0.0416 e. The highest BCUT2D eigenvalue weighted by Crippen LogP contribution is 2.20. The fraction of sp³-hybridized carbons (Fsp3) is 0.154. The zero-order valence-corrected chi connectivity index (χ0v) is 11.7. The van der Waals surface area contributed by atoms with Crippen molar-refractivity contribution in [2.45, 2.75) is 13.5 Å². The van der Waals surface area contributed by atoms with Crippen molar-refractivity contribution in [3.63, 3.8) is 0 Å². The number of aryl methyl sites for hydroxylation is 1. The molecule has 0 saturated heterocycles. The van der Waals surface area contributed by atoms with E-state index in [-0.39, 0.29) is 0 Å². The number of aromatic nitrogens is 1. The summed E-state index contributed by atoms with van der Waals surface area (Å²) < 4.78 is 0.990. The van der Waals surface area contributed by atoms with Gasteiger partial charge in [-0.25, -0.2) is 0 Å². The van der Waals surface area contributed by atoms with E-state index < -0.39 is 0 Å². The van der Waals surface area contributed by atoms with Gasteiger partial charge in [0.15, 0.2) is 0 Å². The third kappa shape index (κ3) is 3.45. The highest BCUT2D eigenvalue weighted by atomic mass is 79.9. The lowest BCUT2D eigenvalue weighted by atomic mass is 10.2. The minimum atomic E-state index is 0.745. The van der Waals surface area contributed by atoms with E-state index in [1.807, 2.05) is 37.4 Å². The number of hydrogen-bond acceptors (Lipinski definition) is 2. The molecule has 2 nitrogen and oxygen atoms in total. The number of rotatable bonds is 3. The van der Waals surface area contributed by atoms with E-state index in [1.165, 1.54) is 0 Å². The number of nitrogens with zero attached hydrogens (tertiary/aromatic N) is 1. The first-order valence-electron chi connectivity index (χ1n) is 5.24. The molecule has 1 aromatic heterocycles. The van der Waals surface area contributed by atoms with Crippen LogP contribution in [-0.2, 0) is 6.54 Å². The summed E-state index contributed by atoms with van der Waals surface area (Å²) in [5, 5.41) is 4.13. The van der Waals surface area contributed by atoms with Crippen molar-refractivity contribution in [3.05, 3.63) is 57.3 Å². The molecule has 0 fully saturated rings. The molecule has 1 heterocycles. The molecule has 0 amide bonds. The van der Waals surface area contributed by atoms with Crippen LogP contribution in [0, 0.1) is 6.92 Å². The third-order valence-corrected chi connectivity index (χ3v) is 3.10. The average molecular weight is 312 g/mol. The molecule has 88 valence electrons. The van der Waals surface area contributed by atoms with Crippen molar-refractivity contribution in [2.24, 2.45) is 0 Å². The van der Waals surface area contributed by atoms with Gasteiger partial charge in [0.2, 0.25) is 0 Å². The van der Waals surface area contributed by atoms with Gasteiger partial charge in [0.05, 0.1) is 0 Å². The lowest BCUT2D eigenvalue weighted by molar-refractivity contribution is 1.10. The number of pyridine rings is 1. The van der Waals surface area contributed by atoms with Crippen LogP contribution in [0.1, 0.15) is 11.1 Å². The molecular weight excluding hydrogens is 300 g/mol. The molecule has 0 radical (unpaired) electrons. The first-order valence-corrected chi connectivity index (χ1v) is 6.42. The van der Waals surface area contributed by atoms with E-state index in [0.717, 1.165) is 32.9 Å².